The minimum Gasteiger partial charge on any atom is -0.310 e. The monoisotopic (exact) mass is 864 g/mol. The van der Waals surface area contributed by atoms with E-state index in [1.807, 2.05) is 0 Å². The SMILES string of the molecule is c1ccc(-c2cc(-c3ccccc3)cc(-c3ccc(N(c4cccc(-c5cccc6c5c5ccc7ccccc7c5n6-c5ccccc5)c4)c4cc5ccccc5c5ccccc45)cc3)c2)cc1. The van der Waals surface area contributed by atoms with Crippen molar-refractivity contribution in [1.29, 1.82) is 0 Å². The molecule has 0 aliphatic carbocycles. The van der Waals surface area contributed by atoms with Crippen LogP contribution >= 0.6 is 0 Å². The molecule has 0 atom stereocenters. The van der Waals surface area contributed by atoms with E-state index in [0.29, 0.717) is 0 Å². The first kappa shape index (κ1) is 39.4. The Labute approximate surface area is 395 Å². The van der Waals surface area contributed by atoms with Gasteiger partial charge in [0.1, 0.15) is 0 Å². The summed E-state index contributed by atoms with van der Waals surface area (Å²) in [5, 5.41) is 9.84. The quantitative estimate of drug-likeness (QED) is 0.138. The topological polar surface area (TPSA) is 8.17 Å². The lowest BCUT2D eigenvalue weighted by atomic mass is 9.93. The number of para-hydroxylation sites is 1. The Morgan fingerprint density at radius 3 is 1.51 bits per heavy atom. The molecule has 68 heavy (non-hydrogen) atoms. The van der Waals surface area contributed by atoms with Crippen molar-refractivity contribution in [2.24, 2.45) is 0 Å². The molecular formula is C66H44N2. The Hall–Kier alpha value is -8.98. The van der Waals surface area contributed by atoms with Crippen LogP contribution in [0.2, 0.25) is 0 Å². The molecule has 0 bridgehead atoms. The second-order valence-electron chi connectivity index (χ2n) is 17.7. The van der Waals surface area contributed by atoms with Crippen LogP contribution < -0.4 is 4.90 Å². The molecule has 318 valence electrons. The highest BCUT2D eigenvalue weighted by Gasteiger charge is 2.21. The highest BCUT2D eigenvalue weighted by molar-refractivity contribution is 6.22. The summed E-state index contributed by atoms with van der Waals surface area (Å²) < 4.78 is 2.45. The summed E-state index contributed by atoms with van der Waals surface area (Å²) >= 11 is 0. The lowest BCUT2D eigenvalue weighted by molar-refractivity contribution is 1.19. The van der Waals surface area contributed by atoms with Gasteiger partial charge in [-0.25, -0.2) is 0 Å². The zero-order chi connectivity index (χ0) is 45.0. The van der Waals surface area contributed by atoms with Gasteiger partial charge in [0.15, 0.2) is 0 Å². The Morgan fingerprint density at radius 2 is 0.824 bits per heavy atom. The number of aromatic nitrogens is 1. The maximum atomic E-state index is 2.46. The first-order valence-electron chi connectivity index (χ1n) is 23.4. The third-order valence-corrected chi connectivity index (χ3v) is 13.7. The lowest BCUT2D eigenvalue weighted by Gasteiger charge is -2.28. The summed E-state index contributed by atoms with van der Waals surface area (Å²) in [7, 11) is 0. The second kappa shape index (κ2) is 16.5. The Bertz CT molecular complexity index is 3940. The molecule has 13 aromatic rings. The fourth-order valence-electron chi connectivity index (χ4n) is 10.6. The zero-order valence-electron chi connectivity index (χ0n) is 37.3. The van der Waals surface area contributed by atoms with E-state index in [2.05, 4.69) is 276 Å². The van der Waals surface area contributed by atoms with Crippen molar-refractivity contribution in [2.45, 2.75) is 0 Å². The van der Waals surface area contributed by atoms with E-state index in [-0.39, 0.29) is 0 Å². The average Bonchev–Trinajstić information content (AvgIpc) is 3.77. The second-order valence-corrected chi connectivity index (χ2v) is 17.7. The van der Waals surface area contributed by atoms with Gasteiger partial charge >= 0.3 is 0 Å². The molecule has 0 aliphatic heterocycles. The van der Waals surface area contributed by atoms with Crippen molar-refractivity contribution in [2.75, 3.05) is 4.90 Å². The summed E-state index contributed by atoms with van der Waals surface area (Å²) in [6.07, 6.45) is 0. The third-order valence-electron chi connectivity index (χ3n) is 13.7. The molecule has 0 amide bonds. The summed E-state index contributed by atoms with van der Waals surface area (Å²) in [5.41, 5.74) is 16.3. The molecular weight excluding hydrogens is 821 g/mol. The molecule has 2 heteroatoms. The molecule has 0 aliphatic rings. The number of hydrogen-bond donors (Lipinski definition) is 0. The van der Waals surface area contributed by atoms with Crippen molar-refractivity contribution in [3.05, 3.63) is 267 Å². The Balaban J connectivity index is 1.01. The van der Waals surface area contributed by atoms with E-state index < -0.39 is 0 Å². The maximum absolute atomic E-state index is 2.46. The molecule has 1 aromatic heterocycles. The lowest BCUT2D eigenvalue weighted by Crippen LogP contribution is -2.11. The van der Waals surface area contributed by atoms with Crippen molar-refractivity contribution >= 4 is 71.2 Å². The first-order valence-corrected chi connectivity index (χ1v) is 23.4. The number of rotatable bonds is 8. The van der Waals surface area contributed by atoms with Gasteiger partial charge in [-0.05, 0) is 133 Å². The standard InChI is InChI=1S/C66H44N2/c1-4-18-45(19-5-1)51-40-52(46-20-6-2-7-21-46)42-53(41-51)47-34-37-55(38-35-47)67(64-44-50-23-11-12-28-57(50)60-30-14-15-31-61(60)64)56-27-16-24-49(43-56)58-32-17-33-63-65(58)62-39-36-48-22-10-13-29-59(48)66(62)68(63)54-25-8-3-9-26-54/h1-44H. The van der Waals surface area contributed by atoms with Crippen LogP contribution in [0.5, 0.6) is 0 Å². The van der Waals surface area contributed by atoms with Crippen LogP contribution in [0.3, 0.4) is 0 Å². The number of nitrogens with zero attached hydrogens (tertiary/aromatic N) is 2. The van der Waals surface area contributed by atoms with E-state index in [9.17, 15) is 0 Å². The van der Waals surface area contributed by atoms with Gasteiger partial charge in [0.2, 0.25) is 0 Å². The van der Waals surface area contributed by atoms with Gasteiger partial charge in [-0.15, -0.1) is 0 Å². The van der Waals surface area contributed by atoms with E-state index in [1.54, 1.807) is 0 Å². The Morgan fingerprint density at radius 1 is 0.279 bits per heavy atom. The molecule has 0 N–H and O–H groups in total. The van der Waals surface area contributed by atoms with Crippen molar-refractivity contribution in [1.82, 2.24) is 4.57 Å². The van der Waals surface area contributed by atoms with Crippen LogP contribution in [0.4, 0.5) is 17.1 Å². The molecule has 1 heterocycles. The fourth-order valence-corrected chi connectivity index (χ4v) is 10.6. The van der Waals surface area contributed by atoms with Gasteiger partial charge in [0.05, 0.1) is 16.7 Å². The van der Waals surface area contributed by atoms with E-state index >= 15 is 0 Å². The van der Waals surface area contributed by atoms with Gasteiger partial charge in [-0.2, -0.15) is 0 Å². The van der Waals surface area contributed by atoms with Crippen LogP contribution in [0.15, 0.2) is 267 Å². The molecule has 0 unspecified atom stereocenters. The predicted octanol–water partition coefficient (Wildman–Crippen LogP) is 18.4. The van der Waals surface area contributed by atoms with Crippen molar-refractivity contribution in [3.63, 3.8) is 0 Å². The molecule has 13 rings (SSSR count). The third kappa shape index (κ3) is 6.73. The molecule has 0 radical (unpaired) electrons. The molecule has 12 aromatic carbocycles. The molecule has 0 saturated carbocycles. The van der Waals surface area contributed by atoms with Gasteiger partial charge in [-0.1, -0.05) is 200 Å². The van der Waals surface area contributed by atoms with E-state index in [4.69, 9.17) is 0 Å². The van der Waals surface area contributed by atoms with Crippen molar-refractivity contribution < 1.29 is 0 Å². The smallest absolute Gasteiger partial charge is 0.0619 e. The van der Waals surface area contributed by atoms with E-state index in [1.165, 1.54) is 87.5 Å². The molecule has 0 fully saturated rings. The summed E-state index contributed by atoms with van der Waals surface area (Å²) in [6.45, 7) is 0. The van der Waals surface area contributed by atoms with Gasteiger partial charge in [-0.3, -0.25) is 0 Å². The Kier molecular flexibility index (Phi) is 9.54. The molecule has 2 nitrogen and oxygen atoms in total. The maximum Gasteiger partial charge on any atom is 0.0619 e. The number of hydrogen-bond acceptors (Lipinski definition) is 1. The minimum absolute atomic E-state index is 1.08. The zero-order valence-corrected chi connectivity index (χ0v) is 37.3. The molecule has 0 saturated heterocycles. The van der Waals surface area contributed by atoms with Crippen LogP contribution in [-0.2, 0) is 0 Å². The van der Waals surface area contributed by atoms with Crippen LogP contribution in [0.1, 0.15) is 0 Å². The predicted molar refractivity (Wildman–Crippen MR) is 290 cm³/mol. The van der Waals surface area contributed by atoms with Crippen LogP contribution in [0.25, 0.3) is 104 Å². The normalized spacial score (nSPS) is 11.5. The average molecular weight is 865 g/mol. The number of anilines is 3. The van der Waals surface area contributed by atoms with Crippen LogP contribution in [-0.4, -0.2) is 4.57 Å². The minimum atomic E-state index is 1.08. The molecule has 0 spiro atoms. The van der Waals surface area contributed by atoms with E-state index in [0.717, 1.165) is 33.9 Å². The van der Waals surface area contributed by atoms with Crippen LogP contribution in [0, 0.1) is 0 Å². The van der Waals surface area contributed by atoms with Gasteiger partial charge in [0, 0.05) is 38.6 Å². The van der Waals surface area contributed by atoms with Crippen molar-refractivity contribution in [3.8, 4) is 50.2 Å². The van der Waals surface area contributed by atoms with Gasteiger partial charge in [0.25, 0.3) is 0 Å². The number of fused-ring (bicyclic) bond motifs is 8. The van der Waals surface area contributed by atoms with Gasteiger partial charge < -0.3 is 9.47 Å². The first-order chi connectivity index (χ1) is 33.7. The summed E-state index contributed by atoms with van der Waals surface area (Å²) in [4.78, 5) is 2.46. The fraction of sp³-hybridized carbons (Fsp3) is 0. The summed E-state index contributed by atoms with van der Waals surface area (Å²) in [6, 6.07) is 97.6. The summed E-state index contributed by atoms with van der Waals surface area (Å²) in [5.74, 6) is 0. The highest BCUT2D eigenvalue weighted by Crippen LogP contribution is 2.46. The number of benzene rings is 12. The largest absolute Gasteiger partial charge is 0.310 e. The highest BCUT2D eigenvalue weighted by atomic mass is 15.1.